The van der Waals surface area contributed by atoms with Crippen LogP contribution in [-0.4, -0.2) is 47.6 Å². The summed E-state index contributed by atoms with van der Waals surface area (Å²) in [7, 11) is 1.52. The molecule has 0 aliphatic carbocycles. The highest BCUT2D eigenvalue weighted by molar-refractivity contribution is 7.99. The molecule has 0 spiro atoms. The first-order valence-electron chi connectivity index (χ1n) is 10.4. The van der Waals surface area contributed by atoms with Gasteiger partial charge in [-0.1, -0.05) is 35.5 Å². The van der Waals surface area contributed by atoms with Gasteiger partial charge in [-0.05, 0) is 43.5 Å². The smallest absolute Gasteiger partial charge is 0.266 e. The number of benzene rings is 2. The minimum absolute atomic E-state index is 0.0715. The Balaban J connectivity index is 1.69. The zero-order valence-corrected chi connectivity index (χ0v) is 19.5. The first-order valence-corrected chi connectivity index (χ1v) is 11.7. The molecule has 1 unspecified atom stereocenters. The predicted octanol–water partition coefficient (Wildman–Crippen LogP) is 3.74. The SMILES string of the molecule is COc1cc(Cl)c(C)cc1-n1c(SCC(=O)NCC2CCCO2)nc2ccccc2c1=O. The van der Waals surface area contributed by atoms with Crippen LogP contribution in [0.1, 0.15) is 18.4 Å². The number of thioether (sulfide) groups is 1. The Morgan fingerprint density at radius 3 is 2.94 bits per heavy atom. The Morgan fingerprint density at radius 1 is 1.38 bits per heavy atom. The highest BCUT2D eigenvalue weighted by Gasteiger charge is 2.20. The molecule has 2 aromatic carbocycles. The number of ether oxygens (including phenoxy) is 2. The van der Waals surface area contributed by atoms with Crippen molar-refractivity contribution in [1.29, 1.82) is 0 Å². The number of methoxy groups -OCH3 is 1. The van der Waals surface area contributed by atoms with Crippen LogP contribution in [0.15, 0.2) is 46.3 Å². The zero-order chi connectivity index (χ0) is 22.7. The van der Waals surface area contributed by atoms with Crippen LogP contribution in [0.4, 0.5) is 0 Å². The minimum atomic E-state index is -0.238. The molecule has 1 saturated heterocycles. The normalized spacial score (nSPS) is 15.8. The van der Waals surface area contributed by atoms with Crippen LogP contribution in [-0.2, 0) is 9.53 Å². The van der Waals surface area contributed by atoms with Crippen LogP contribution < -0.4 is 15.6 Å². The fraction of sp³-hybridized carbons (Fsp3) is 0.348. The number of hydrogen-bond acceptors (Lipinski definition) is 6. The lowest BCUT2D eigenvalue weighted by molar-refractivity contribution is -0.119. The van der Waals surface area contributed by atoms with Gasteiger partial charge in [0.2, 0.25) is 5.91 Å². The van der Waals surface area contributed by atoms with Crippen LogP contribution in [0.25, 0.3) is 16.6 Å². The Labute approximate surface area is 195 Å². The van der Waals surface area contributed by atoms with E-state index in [9.17, 15) is 9.59 Å². The van der Waals surface area contributed by atoms with Crippen molar-refractivity contribution in [1.82, 2.24) is 14.9 Å². The molecule has 0 saturated carbocycles. The summed E-state index contributed by atoms with van der Waals surface area (Å²) in [6.07, 6.45) is 2.04. The molecule has 9 heteroatoms. The molecule has 1 aliphatic rings. The monoisotopic (exact) mass is 473 g/mol. The van der Waals surface area contributed by atoms with Crippen molar-refractivity contribution >= 4 is 40.2 Å². The van der Waals surface area contributed by atoms with Crippen molar-refractivity contribution in [2.24, 2.45) is 0 Å². The Kier molecular flexibility index (Phi) is 7.03. The van der Waals surface area contributed by atoms with Gasteiger partial charge >= 0.3 is 0 Å². The van der Waals surface area contributed by atoms with Crippen LogP contribution in [0.3, 0.4) is 0 Å². The molecule has 3 aromatic rings. The number of hydrogen-bond donors (Lipinski definition) is 1. The number of carbonyl (C=O) groups is 1. The third-order valence-electron chi connectivity index (χ3n) is 5.33. The fourth-order valence-electron chi connectivity index (χ4n) is 3.62. The first-order chi connectivity index (χ1) is 15.5. The molecular formula is C23H24ClN3O4S. The number of halogens is 1. The van der Waals surface area contributed by atoms with Gasteiger partial charge in [0, 0.05) is 24.2 Å². The van der Waals surface area contributed by atoms with Gasteiger partial charge in [0.15, 0.2) is 5.16 Å². The molecular weight excluding hydrogens is 450 g/mol. The van der Waals surface area contributed by atoms with Gasteiger partial charge in [-0.2, -0.15) is 0 Å². The summed E-state index contributed by atoms with van der Waals surface area (Å²) in [5, 5.41) is 4.32. The predicted molar refractivity (Wildman–Crippen MR) is 126 cm³/mol. The number of amides is 1. The quantitative estimate of drug-likeness (QED) is 0.416. The number of nitrogens with one attached hydrogen (secondary N) is 1. The van der Waals surface area contributed by atoms with Crippen LogP contribution >= 0.6 is 23.4 Å². The number of carbonyl (C=O) groups excluding carboxylic acids is 1. The lowest BCUT2D eigenvalue weighted by atomic mass is 10.2. The number of para-hydroxylation sites is 1. The average Bonchev–Trinajstić information content (AvgIpc) is 3.32. The number of rotatable bonds is 7. The molecule has 2 heterocycles. The summed E-state index contributed by atoms with van der Waals surface area (Å²) in [6.45, 7) is 3.09. The van der Waals surface area contributed by atoms with Gasteiger partial charge in [-0.15, -0.1) is 0 Å². The lowest BCUT2D eigenvalue weighted by Gasteiger charge is -2.17. The Hall–Kier alpha value is -2.55. The van der Waals surface area contributed by atoms with Crippen LogP contribution in [0, 0.1) is 6.92 Å². The third-order valence-corrected chi connectivity index (χ3v) is 6.67. The highest BCUT2D eigenvalue weighted by Crippen LogP contribution is 2.32. The summed E-state index contributed by atoms with van der Waals surface area (Å²) in [6, 6.07) is 10.6. The van der Waals surface area contributed by atoms with Gasteiger partial charge < -0.3 is 14.8 Å². The van der Waals surface area contributed by atoms with E-state index in [1.807, 2.05) is 13.0 Å². The maximum Gasteiger partial charge on any atom is 0.266 e. The van der Waals surface area contributed by atoms with E-state index < -0.39 is 0 Å². The molecule has 1 aliphatic heterocycles. The molecule has 1 N–H and O–H groups in total. The van der Waals surface area contributed by atoms with E-state index in [0.29, 0.717) is 39.1 Å². The summed E-state index contributed by atoms with van der Waals surface area (Å²) >= 11 is 7.47. The van der Waals surface area contributed by atoms with Gasteiger partial charge in [-0.3, -0.25) is 14.2 Å². The Bertz CT molecular complexity index is 1210. The molecule has 1 aromatic heterocycles. The molecule has 0 radical (unpaired) electrons. The van der Waals surface area contributed by atoms with Gasteiger partial charge in [-0.25, -0.2) is 4.98 Å². The molecule has 0 bridgehead atoms. The van der Waals surface area contributed by atoms with E-state index in [2.05, 4.69) is 10.3 Å². The Morgan fingerprint density at radius 2 is 2.19 bits per heavy atom. The van der Waals surface area contributed by atoms with Gasteiger partial charge in [0.25, 0.3) is 5.56 Å². The summed E-state index contributed by atoms with van der Waals surface area (Å²) in [5.74, 6) is 0.426. The topological polar surface area (TPSA) is 82.4 Å². The van der Waals surface area contributed by atoms with E-state index in [4.69, 9.17) is 21.1 Å². The number of aromatic nitrogens is 2. The van der Waals surface area contributed by atoms with Gasteiger partial charge in [0.05, 0.1) is 35.6 Å². The molecule has 4 rings (SSSR count). The van der Waals surface area contributed by atoms with E-state index in [1.54, 1.807) is 30.3 Å². The van der Waals surface area contributed by atoms with Crippen LogP contribution in [0.5, 0.6) is 5.75 Å². The van der Waals surface area contributed by atoms with Crippen molar-refractivity contribution in [3.63, 3.8) is 0 Å². The average molecular weight is 474 g/mol. The molecule has 168 valence electrons. The molecule has 1 atom stereocenters. The second kappa shape index (κ2) is 9.94. The second-order valence-corrected chi connectivity index (χ2v) is 8.90. The van der Waals surface area contributed by atoms with Crippen LogP contribution in [0.2, 0.25) is 5.02 Å². The number of aryl methyl sites for hydroxylation is 1. The van der Waals surface area contributed by atoms with Crippen molar-refractivity contribution in [2.45, 2.75) is 31.0 Å². The summed E-state index contributed by atoms with van der Waals surface area (Å²) in [4.78, 5) is 30.6. The van der Waals surface area contributed by atoms with Gasteiger partial charge in [0.1, 0.15) is 5.75 Å². The van der Waals surface area contributed by atoms with E-state index in [1.165, 1.54) is 23.4 Å². The summed E-state index contributed by atoms with van der Waals surface area (Å²) in [5.41, 5.74) is 1.66. The molecule has 1 fully saturated rings. The fourth-order valence-corrected chi connectivity index (χ4v) is 4.61. The summed E-state index contributed by atoms with van der Waals surface area (Å²) < 4.78 is 12.5. The molecule has 7 nitrogen and oxygen atoms in total. The third kappa shape index (κ3) is 4.77. The van der Waals surface area contributed by atoms with E-state index >= 15 is 0 Å². The first kappa shape index (κ1) is 22.6. The highest BCUT2D eigenvalue weighted by atomic mass is 35.5. The number of fused-ring (bicyclic) bond motifs is 1. The maximum absolute atomic E-state index is 13.5. The zero-order valence-electron chi connectivity index (χ0n) is 17.9. The minimum Gasteiger partial charge on any atom is -0.495 e. The maximum atomic E-state index is 13.5. The largest absolute Gasteiger partial charge is 0.495 e. The molecule has 32 heavy (non-hydrogen) atoms. The van der Waals surface area contributed by atoms with Crippen molar-refractivity contribution < 1.29 is 14.3 Å². The van der Waals surface area contributed by atoms with Crippen molar-refractivity contribution in [3.05, 3.63) is 57.3 Å². The van der Waals surface area contributed by atoms with Crippen molar-refractivity contribution in [3.8, 4) is 11.4 Å². The van der Waals surface area contributed by atoms with E-state index in [0.717, 1.165) is 25.0 Å². The van der Waals surface area contributed by atoms with Crippen molar-refractivity contribution in [2.75, 3.05) is 26.0 Å². The standard InChI is InChI=1S/C23H24ClN3O4S/c1-14-10-19(20(30-2)11-17(14)24)27-22(29)16-7-3-4-8-18(16)26-23(27)32-13-21(28)25-12-15-6-5-9-31-15/h3-4,7-8,10-11,15H,5-6,9,12-13H2,1-2H3,(H,25,28). The lowest BCUT2D eigenvalue weighted by Crippen LogP contribution is -2.33. The number of nitrogens with zero attached hydrogens (tertiary/aromatic N) is 2. The molecule has 1 amide bonds. The second-order valence-electron chi connectivity index (χ2n) is 7.55. The van der Waals surface area contributed by atoms with E-state index in [-0.39, 0.29) is 23.3 Å².